The van der Waals surface area contributed by atoms with E-state index in [2.05, 4.69) is 22.9 Å². The molecule has 4 nitrogen and oxygen atoms in total. The molecular formula is C20H22ClN3O. The average molecular weight is 356 g/mol. The van der Waals surface area contributed by atoms with Crippen molar-refractivity contribution in [1.29, 1.82) is 0 Å². The largest absolute Gasteiger partial charge is 0.397 e. The zero-order chi connectivity index (χ0) is 17.3. The average Bonchev–Trinajstić information content (AvgIpc) is 2.83. The second kappa shape index (κ2) is 5.36. The molecule has 5 heteroatoms. The Morgan fingerprint density at radius 3 is 2.60 bits per heavy atom. The summed E-state index contributed by atoms with van der Waals surface area (Å²) in [6.07, 6.45) is 4.67. The van der Waals surface area contributed by atoms with Crippen LogP contribution in [0.15, 0.2) is 24.3 Å². The second-order valence-electron chi connectivity index (χ2n) is 7.77. The van der Waals surface area contributed by atoms with Gasteiger partial charge in [-0.15, -0.1) is 0 Å². The highest BCUT2D eigenvalue weighted by Crippen LogP contribution is 2.41. The molecule has 25 heavy (non-hydrogen) atoms. The van der Waals surface area contributed by atoms with Crippen molar-refractivity contribution in [3.63, 3.8) is 0 Å². The summed E-state index contributed by atoms with van der Waals surface area (Å²) in [5, 5.41) is 2.36. The number of amides is 1. The third kappa shape index (κ3) is 2.14. The van der Waals surface area contributed by atoms with Crippen molar-refractivity contribution < 1.29 is 4.79 Å². The lowest BCUT2D eigenvalue weighted by Crippen LogP contribution is -2.51. The maximum absolute atomic E-state index is 13.3. The minimum Gasteiger partial charge on any atom is -0.397 e. The first-order chi connectivity index (χ1) is 12.0. The third-order valence-electron chi connectivity index (χ3n) is 6.58. The molecule has 3 heterocycles. The van der Waals surface area contributed by atoms with Crippen molar-refractivity contribution in [2.75, 3.05) is 12.8 Å². The number of rotatable bonds is 1. The van der Waals surface area contributed by atoms with E-state index >= 15 is 0 Å². The van der Waals surface area contributed by atoms with Crippen molar-refractivity contribution in [2.24, 2.45) is 0 Å². The SMILES string of the molecule is CN1[C@@H]2CC[C@H]1CC(N1Cc3cccc4c(N)c(Cl)cc(c34)C1=O)C2. The Morgan fingerprint density at radius 2 is 1.88 bits per heavy atom. The van der Waals surface area contributed by atoms with Crippen molar-refractivity contribution in [3.05, 3.63) is 40.4 Å². The normalized spacial score (nSPS) is 28.8. The molecule has 2 fully saturated rings. The van der Waals surface area contributed by atoms with Crippen LogP contribution in [-0.2, 0) is 6.54 Å². The number of nitrogens with zero attached hydrogens (tertiary/aromatic N) is 2. The molecule has 2 aromatic carbocycles. The molecule has 130 valence electrons. The number of nitrogen functional groups attached to an aromatic ring is 1. The summed E-state index contributed by atoms with van der Waals surface area (Å²) in [6, 6.07) is 9.40. The highest BCUT2D eigenvalue weighted by atomic mass is 35.5. The van der Waals surface area contributed by atoms with Crippen LogP contribution >= 0.6 is 11.6 Å². The smallest absolute Gasteiger partial charge is 0.255 e. The molecule has 2 bridgehead atoms. The summed E-state index contributed by atoms with van der Waals surface area (Å²) in [4.78, 5) is 17.9. The Bertz CT molecular complexity index is 882. The number of carbonyl (C=O) groups excluding carboxylic acids is 1. The van der Waals surface area contributed by atoms with E-state index in [1.165, 1.54) is 18.4 Å². The number of nitrogens with two attached hydrogens (primary N) is 1. The number of fused-ring (bicyclic) bond motifs is 2. The Morgan fingerprint density at radius 1 is 1.16 bits per heavy atom. The second-order valence-corrected chi connectivity index (χ2v) is 8.18. The van der Waals surface area contributed by atoms with Gasteiger partial charge in [0.1, 0.15) is 0 Å². The van der Waals surface area contributed by atoms with Crippen LogP contribution in [0.3, 0.4) is 0 Å². The van der Waals surface area contributed by atoms with Crippen LogP contribution in [0, 0.1) is 0 Å². The molecule has 1 amide bonds. The first-order valence-corrected chi connectivity index (χ1v) is 9.45. The van der Waals surface area contributed by atoms with Crippen LogP contribution in [0.25, 0.3) is 10.8 Å². The molecule has 2 aromatic rings. The number of anilines is 1. The summed E-state index contributed by atoms with van der Waals surface area (Å²) >= 11 is 6.32. The number of hydrogen-bond acceptors (Lipinski definition) is 3. The minimum atomic E-state index is 0.111. The number of hydrogen-bond donors (Lipinski definition) is 1. The predicted molar refractivity (Wildman–Crippen MR) is 101 cm³/mol. The first kappa shape index (κ1) is 15.5. The topological polar surface area (TPSA) is 49.6 Å². The van der Waals surface area contributed by atoms with Crippen molar-refractivity contribution >= 4 is 34.0 Å². The molecule has 5 rings (SSSR count). The first-order valence-electron chi connectivity index (χ1n) is 9.07. The van der Waals surface area contributed by atoms with Gasteiger partial charge in [0.2, 0.25) is 0 Å². The molecule has 2 saturated heterocycles. The van der Waals surface area contributed by atoms with Gasteiger partial charge in [-0.05, 0) is 44.4 Å². The van der Waals surface area contributed by atoms with Crippen LogP contribution in [0.1, 0.15) is 41.6 Å². The molecule has 2 N–H and O–H groups in total. The van der Waals surface area contributed by atoms with Gasteiger partial charge in [0.25, 0.3) is 5.91 Å². The standard InChI is InChI=1S/C20H22ClN3O/c1-23-12-5-6-13(23)8-14(7-12)24-10-11-3-2-4-15-18(11)16(20(24)25)9-17(21)19(15)22/h2-4,9,12-14H,5-8,10,22H2,1H3/t12-,13+,14?. The van der Waals surface area contributed by atoms with Gasteiger partial charge in [0, 0.05) is 41.0 Å². The van der Waals surface area contributed by atoms with Gasteiger partial charge in [-0.2, -0.15) is 0 Å². The van der Waals surface area contributed by atoms with Gasteiger partial charge in [-0.25, -0.2) is 0 Å². The zero-order valence-corrected chi connectivity index (χ0v) is 15.1. The summed E-state index contributed by atoms with van der Waals surface area (Å²) in [6.45, 7) is 0.679. The highest BCUT2D eigenvalue weighted by Gasteiger charge is 2.42. The van der Waals surface area contributed by atoms with Gasteiger partial charge in [0.05, 0.1) is 10.7 Å². The van der Waals surface area contributed by atoms with Crippen LogP contribution in [0.2, 0.25) is 5.02 Å². The number of piperidine rings is 1. The molecular weight excluding hydrogens is 334 g/mol. The van der Waals surface area contributed by atoms with E-state index in [4.69, 9.17) is 17.3 Å². The van der Waals surface area contributed by atoms with Crippen LogP contribution in [0.5, 0.6) is 0 Å². The Kier molecular flexibility index (Phi) is 3.32. The van der Waals surface area contributed by atoms with E-state index in [1.807, 2.05) is 12.1 Å². The highest BCUT2D eigenvalue weighted by molar-refractivity contribution is 6.36. The maximum atomic E-state index is 13.3. The molecule has 3 aliphatic heterocycles. The fourth-order valence-corrected chi connectivity index (χ4v) is 5.40. The lowest BCUT2D eigenvalue weighted by Gasteiger charge is -2.43. The molecule has 0 radical (unpaired) electrons. The molecule has 3 aliphatic rings. The van der Waals surface area contributed by atoms with Crippen molar-refractivity contribution in [2.45, 2.75) is 50.4 Å². The van der Waals surface area contributed by atoms with Crippen molar-refractivity contribution in [3.8, 4) is 0 Å². The van der Waals surface area contributed by atoms with Crippen molar-refractivity contribution in [1.82, 2.24) is 9.80 Å². The molecule has 3 atom stereocenters. The van der Waals surface area contributed by atoms with E-state index in [9.17, 15) is 4.79 Å². The number of benzene rings is 2. The van der Waals surface area contributed by atoms with Gasteiger partial charge in [0.15, 0.2) is 0 Å². The molecule has 1 unspecified atom stereocenters. The van der Waals surface area contributed by atoms with E-state index < -0.39 is 0 Å². The van der Waals surface area contributed by atoms with Crippen LogP contribution < -0.4 is 5.73 Å². The zero-order valence-electron chi connectivity index (χ0n) is 14.3. The quantitative estimate of drug-likeness (QED) is 0.794. The van der Waals surface area contributed by atoms with E-state index in [1.54, 1.807) is 6.07 Å². The summed E-state index contributed by atoms with van der Waals surface area (Å²) < 4.78 is 0. The molecule has 0 saturated carbocycles. The van der Waals surface area contributed by atoms with Gasteiger partial charge in [-0.1, -0.05) is 29.8 Å². The monoisotopic (exact) mass is 355 g/mol. The fraction of sp³-hybridized carbons (Fsp3) is 0.450. The molecule has 0 aromatic heterocycles. The van der Waals surface area contributed by atoms with E-state index in [0.717, 1.165) is 23.6 Å². The number of carbonyl (C=O) groups is 1. The van der Waals surface area contributed by atoms with Gasteiger partial charge >= 0.3 is 0 Å². The van der Waals surface area contributed by atoms with E-state index in [0.29, 0.717) is 40.9 Å². The maximum Gasteiger partial charge on any atom is 0.255 e. The Balaban J connectivity index is 1.58. The van der Waals surface area contributed by atoms with Crippen LogP contribution in [-0.4, -0.2) is 40.9 Å². The lowest BCUT2D eigenvalue weighted by atomic mass is 9.89. The van der Waals surface area contributed by atoms with E-state index in [-0.39, 0.29) is 5.91 Å². The molecule has 0 aliphatic carbocycles. The van der Waals surface area contributed by atoms with Gasteiger partial charge in [-0.3, -0.25) is 4.79 Å². The van der Waals surface area contributed by atoms with Crippen LogP contribution in [0.4, 0.5) is 5.69 Å². The minimum absolute atomic E-state index is 0.111. The molecule has 0 spiro atoms. The predicted octanol–water partition coefficient (Wildman–Crippen LogP) is 3.66. The van der Waals surface area contributed by atoms with Gasteiger partial charge < -0.3 is 15.5 Å². The Hall–Kier alpha value is -1.78. The summed E-state index contributed by atoms with van der Waals surface area (Å²) in [5.41, 5.74) is 8.62. The Labute approximate surface area is 152 Å². The lowest BCUT2D eigenvalue weighted by molar-refractivity contribution is 0.0452. The third-order valence-corrected chi connectivity index (χ3v) is 6.90. The summed E-state index contributed by atoms with van der Waals surface area (Å²) in [7, 11) is 2.23. The fourth-order valence-electron chi connectivity index (χ4n) is 5.19. The summed E-state index contributed by atoms with van der Waals surface area (Å²) in [5.74, 6) is 0.111. The number of halogens is 1.